The molecule has 0 spiro atoms. The largest absolute Gasteiger partial charge is 0.305 e. The third kappa shape index (κ3) is 2.81. The fraction of sp³-hybridized carbons (Fsp3) is 0.667. The zero-order chi connectivity index (χ0) is 7.98. The summed E-state index contributed by atoms with van der Waals surface area (Å²) in [6.45, 7) is 7.86. The zero-order valence-corrected chi connectivity index (χ0v) is 6.98. The Kier molecular flexibility index (Phi) is 4.91. The monoisotopic (exact) mass is 139 g/mol. The van der Waals surface area contributed by atoms with Gasteiger partial charge in [0.2, 0.25) is 0 Å². The Morgan fingerprint density at radius 3 is 2.50 bits per heavy atom. The van der Waals surface area contributed by atoms with E-state index in [1.807, 2.05) is 0 Å². The maximum atomic E-state index is 7.48. The van der Waals surface area contributed by atoms with E-state index in [9.17, 15) is 0 Å². The number of nitrogens with one attached hydrogen (secondary N) is 1. The summed E-state index contributed by atoms with van der Waals surface area (Å²) < 4.78 is 0. The molecule has 10 heavy (non-hydrogen) atoms. The predicted octanol–water partition coefficient (Wildman–Crippen LogP) is 3.02. The van der Waals surface area contributed by atoms with E-state index in [0.717, 1.165) is 19.3 Å². The van der Waals surface area contributed by atoms with Crippen molar-refractivity contribution in [3.05, 3.63) is 12.7 Å². The Bertz CT molecular complexity index is 116. The van der Waals surface area contributed by atoms with Crippen molar-refractivity contribution in [1.82, 2.24) is 0 Å². The van der Waals surface area contributed by atoms with Crippen LogP contribution in [0.1, 0.15) is 33.1 Å². The van der Waals surface area contributed by atoms with Crippen LogP contribution < -0.4 is 0 Å². The first-order valence-corrected chi connectivity index (χ1v) is 3.97. The average Bonchev–Trinajstić information content (AvgIpc) is 1.99. The summed E-state index contributed by atoms with van der Waals surface area (Å²) in [5.74, 6) is 0.447. The van der Waals surface area contributed by atoms with Crippen LogP contribution in [0.25, 0.3) is 0 Å². The zero-order valence-electron chi connectivity index (χ0n) is 6.98. The molecule has 0 aliphatic carbocycles. The van der Waals surface area contributed by atoms with Gasteiger partial charge in [-0.25, -0.2) is 0 Å². The second-order valence-electron chi connectivity index (χ2n) is 2.55. The molecule has 1 atom stereocenters. The van der Waals surface area contributed by atoms with Crippen LogP contribution in [-0.2, 0) is 0 Å². The summed E-state index contributed by atoms with van der Waals surface area (Å²) in [4.78, 5) is 0. The van der Waals surface area contributed by atoms with Gasteiger partial charge >= 0.3 is 0 Å². The molecule has 0 aliphatic heterocycles. The van der Waals surface area contributed by atoms with Crippen molar-refractivity contribution in [3.63, 3.8) is 0 Å². The lowest BCUT2D eigenvalue weighted by Gasteiger charge is -2.10. The number of rotatable bonds is 5. The van der Waals surface area contributed by atoms with Gasteiger partial charge in [-0.15, -0.1) is 0 Å². The molecular formula is C9H17N. The molecule has 0 saturated heterocycles. The topological polar surface area (TPSA) is 23.9 Å². The number of hydrogen-bond acceptors (Lipinski definition) is 1. The van der Waals surface area contributed by atoms with E-state index in [0.29, 0.717) is 11.6 Å². The lowest BCUT2D eigenvalue weighted by Crippen LogP contribution is -2.08. The SMILES string of the molecule is C=CC(=N)C(CC)CCC. The van der Waals surface area contributed by atoms with E-state index < -0.39 is 0 Å². The van der Waals surface area contributed by atoms with Gasteiger partial charge in [-0.1, -0.05) is 26.8 Å². The van der Waals surface area contributed by atoms with Gasteiger partial charge in [0.15, 0.2) is 0 Å². The van der Waals surface area contributed by atoms with Gasteiger partial charge < -0.3 is 5.41 Å². The van der Waals surface area contributed by atoms with E-state index in [1.165, 1.54) is 0 Å². The second kappa shape index (κ2) is 5.21. The Morgan fingerprint density at radius 1 is 1.60 bits per heavy atom. The highest BCUT2D eigenvalue weighted by Gasteiger charge is 2.06. The maximum absolute atomic E-state index is 7.48. The van der Waals surface area contributed by atoms with Crippen molar-refractivity contribution in [3.8, 4) is 0 Å². The van der Waals surface area contributed by atoms with Crippen molar-refractivity contribution >= 4 is 5.71 Å². The summed E-state index contributed by atoms with van der Waals surface area (Å²) in [5, 5.41) is 7.48. The molecule has 1 unspecified atom stereocenters. The summed E-state index contributed by atoms with van der Waals surface area (Å²) >= 11 is 0. The second-order valence-corrected chi connectivity index (χ2v) is 2.55. The summed E-state index contributed by atoms with van der Waals surface area (Å²) in [6.07, 6.45) is 5.01. The third-order valence-electron chi connectivity index (χ3n) is 1.79. The van der Waals surface area contributed by atoms with E-state index in [4.69, 9.17) is 5.41 Å². The highest BCUT2D eigenvalue weighted by Crippen LogP contribution is 2.12. The van der Waals surface area contributed by atoms with Crippen LogP contribution in [0.4, 0.5) is 0 Å². The fourth-order valence-electron chi connectivity index (χ4n) is 1.09. The van der Waals surface area contributed by atoms with Crippen molar-refractivity contribution in [2.24, 2.45) is 5.92 Å². The Labute approximate surface area is 63.7 Å². The van der Waals surface area contributed by atoms with Gasteiger partial charge in [-0.2, -0.15) is 0 Å². The van der Waals surface area contributed by atoms with Crippen LogP contribution in [0.3, 0.4) is 0 Å². The van der Waals surface area contributed by atoms with E-state index in [1.54, 1.807) is 6.08 Å². The van der Waals surface area contributed by atoms with Crippen LogP contribution in [0.15, 0.2) is 12.7 Å². The third-order valence-corrected chi connectivity index (χ3v) is 1.79. The van der Waals surface area contributed by atoms with Crippen molar-refractivity contribution in [1.29, 1.82) is 5.41 Å². The molecule has 0 radical (unpaired) electrons. The molecule has 0 aliphatic rings. The van der Waals surface area contributed by atoms with Crippen LogP contribution in [0.5, 0.6) is 0 Å². The minimum atomic E-state index is 0.447. The minimum Gasteiger partial charge on any atom is -0.305 e. The molecule has 0 amide bonds. The molecule has 0 heterocycles. The number of allylic oxidation sites excluding steroid dienone is 1. The molecule has 0 aromatic rings. The van der Waals surface area contributed by atoms with Crippen LogP contribution in [0.2, 0.25) is 0 Å². The van der Waals surface area contributed by atoms with E-state index in [2.05, 4.69) is 20.4 Å². The van der Waals surface area contributed by atoms with Crippen LogP contribution >= 0.6 is 0 Å². The molecule has 0 aromatic carbocycles. The first-order chi connectivity index (χ1) is 4.76. The van der Waals surface area contributed by atoms with Gasteiger partial charge in [0.05, 0.1) is 0 Å². The summed E-state index contributed by atoms with van der Waals surface area (Å²) in [6, 6.07) is 0. The molecule has 0 bridgehead atoms. The van der Waals surface area contributed by atoms with E-state index in [-0.39, 0.29) is 0 Å². The van der Waals surface area contributed by atoms with Crippen LogP contribution in [0, 0.1) is 11.3 Å². The van der Waals surface area contributed by atoms with Gasteiger partial charge in [0.25, 0.3) is 0 Å². The predicted molar refractivity (Wildman–Crippen MR) is 46.6 cm³/mol. The number of hydrogen-bond donors (Lipinski definition) is 1. The Balaban J connectivity index is 3.79. The van der Waals surface area contributed by atoms with Gasteiger partial charge in [-0.3, -0.25) is 0 Å². The van der Waals surface area contributed by atoms with Gasteiger partial charge in [0, 0.05) is 11.6 Å². The molecule has 0 fully saturated rings. The van der Waals surface area contributed by atoms with Crippen molar-refractivity contribution in [2.45, 2.75) is 33.1 Å². The molecule has 1 N–H and O–H groups in total. The highest BCUT2D eigenvalue weighted by atomic mass is 14.4. The normalized spacial score (nSPS) is 12.6. The van der Waals surface area contributed by atoms with E-state index >= 15 is 0 Å². The molecule has 0 rings (SSSR count). The summed E-state index contributed by atoms with van der Waals surface area (Å²) in [7, 11) is 0. The summed E-state index contributed by atoms with van der Waals surface area (Å²) in [5.41, 5.74) is 0.698. The standard InChI is InChI=1S/C9H17N/c1-4-7-8(5-2)9(10)6-3/h6,8,10H,3-5,7H2,1-2H3. The van der Waals surface area contributed by atoms with Gasteiger partial charge in [-0.05, 0) is 18.9 Å². The minimum absolute atomic E-state index is 0.447. The van der Waals surface area contributed by atoms with Crippen LogP contribution in [-0.4, -0.2) is 5.71 Å². The molecule has 1 heteroatoms. The van der Waals surface area contributed by atoms with Gasteiger partial charge in [0.1, 0.15) is 0 Å². The first kappa shape index (κ1) is 9.41. The average molecular weight is 139 g/mol. The lowest BCUT2D eigenvalue weighted by molar-refractivity contribution is 0.594. The Hall–Kier alpha value is -0.590. The molecule has 1 nitrogen and oxygen atoms in total. The first-order valence-electron chi connectivity index (χ1n) is 3.97. The Morgan fingerprint density at radius 2 is 2.20 bits per heavy atom. The van der Waals surface area contributed by atoms with Crippen molar-refractivity contribution < 1.29 is 0 Å². The lowest BCUT2D eigenvalue weighted by atomic mass is 9.95. The molecule has 58 valence electrons. The van der Waals surface area contributed by atoms with Crippen molar-refractivity contribution in [2.75, 3.05) is 0 Å². The molecule has 0 aromatic heterocycles. The fourth-order valence-corrected chi connectivity index (χ4v) is 1.09. The molecule has 0 saturated carbocycles. The quantitative estimate of drug-likeness (QED) is 0.566. The highest BCUT2D eigenvalue weighted by molar-refractivity contribution is 5.93. The maximum Gasteiger partial charge on any atom is 0.0338 e. The smallest absolute Gasteiger partial charge is 0.0338 e. The molecular weight excluding hydrogens is 122 g/mol.